The standard InChI is InChI=1S/C29H27N5O3S/c1-20-18-34(28(36)31-27(20)35)26-17-24(32-33-30)25(38-26)19-37-29(21-11-5-2-6-12-21,22-13-7-3-8-14-22)23-15-9-4-10-16-23/h2-16,18,24-26H,17,19H2,1H3,(H,31,35,36)/t24-,25+,26+/m0/s1. The molecule has 0 unspecified atom stereocenters. The Morgan fingerprint density at radius 1 is 0.974 bits per heavy atom. The summed E-state index contributed by atoms with van der Waals surface area (Å²) in [5.41, 5.74) is 10.9. The van der Waals surface area contributed by atoms with E-state index in [1.807, 2.05) is 54.6 Å². The molecule has 5 rings (SSSR count). The van der Waals surface area contributed by atoms with Crippen LogP contribution in [0.1, 0.15) is 34.0 Å². The summed E-state index contributed by atoms with van der Waals surface area (Å²) in [5.74, 6) is 0. The Labute approximate surface area is 223 Å². The Bertz CT molecular complexity index is 1450. The summed E-state index contributed by atoms with van der Waals surface area (Å²) >= 11 is 1.52. The first-order valence-corrected chi connectivity index (χ1v) is 13.3. The molecule has 0 radical (unpaired) electrons. The summed E-state index contributed by atoms with van der Waals surface area (Å²) in [6.07, 6.45) is 2.01. The highest BCUT2D eigenvalue weighted by molar-refractivity contribution is 8.00. The molecule has 0 aliphatic carbocycles. The fourth-order valence-corrected chi connectivity index (χ4v) is 6.49. The van der Waals surface area contributed by atoms with E-state index in [0.717, 1.165) is 16.7 Å². The lowest BCUT2D eigenvalue weighted by atomic mass is 9.80. The number of hydrogen-bond donors (Lipinski definition) is 1. The van der Waals surface area contributed by atoms with E-state index in [2.05, 4.69) is 51.4 Å². The van der Waals surface area contributed by atoms with Crippen LogP contribution in [0, 0.1) is 6.92 Å². The lowest BCUT2D eigenvalue weighted by Crippen LogP contribution is -2.36. The Morgan fingerprint density at radius 2 is 1.50 bits per heavy atom. The molecule has 2 heterocycles. The number of aromatic nitrogens is 2. The van der Waals surface area contributed by atoms with Gasteiger partial charge in [-0.2, -0.15) is 0 Å². The van der Waals surface area contributed by atoms with Crippen molar-refractivity contribution >= 4 is 11.8 Å². The number of H-pyrrole nitrogens is 1. The third-order valence-electron chi connectivity index (χ3n) is 6.87. The van der Waals surface area contributed by atoms with E-state index in [1.165, 1.54) is 16.3 Å². The minimum atomic E-state index is -0.908. The number of hydrogen-bond acceptors (Lipinski definition) is 5. The monoisotopic (exact) mass is 525 g/mol. The number of ether oxygens (including phenoxy) is 1. The van der Waals surface area contributed by atoms with Gasteiger partial charge in [-0.25, -0.2) is 4.79 Å². The van der Waals surface area contributed by atoms with Crippen LogP contribution in [0.3, 0.4) is 0 Å². The van der Waals surface area contributed by atoms with Gasteiger partial charge in [0.2, 0.25) is 0 Å². The summed E-state index contributed by atoms with van der Waals surface area (Å²) < 4.78 is 8.47. The molecule has 1 aromatic heterocycles. The van der Waals surface area contributed by atoms with E-state index in [1.54, 1.807) is 13.1 Å². The zero-order valence-electron chi connectivity index (χ0n) is 20.8. The average Bonchev–Trinajstić information content (AvgIpc) is 3.35. The molecule has 9 heteroatoms. The second-order valence-electron chi connectivity index (χ2n) is 9.21. The fourth-order valence-electron chi connectivity index (χ4n) is 5.00. The van der Waals surface area contributed by atoms with Gasteiger partial charge in [0.15, 0.2) is 0 Å². The molecule has 3 atom stereocenters. The Balaban J connectivity index is 1.54. The van der Waals surface area contributed by atoms with Gasteiger partial charge in [0.05, 0.1) is 18.0 Å². The molecule has 0 spiro atoms. The van der Waals surface area contributed by atoms with Crippen LogP contribution in [0.2, 0.25) is 0 Å². The Kier molecular flexibility index (Phi) is 7.51. The quantitative estimate of drug-likeness (QED) is 0.141. The van der Waals surface area contributed by atoms with Gasteiger partial charge in [-0.05, 0) is 35.6 Å². The van der Waals surface area contributed by atoms with Gasteiger partial charge in [-0.1, -0.05) is 96.1 Å². The maximum Gasteiger partial charge on any atom is 0.329 e. The van der Waals surface area contributed by atoms with Gasteiger partial charge < -0.3 is 4.74 Å². The maximum atomic E-state index is 12.6. The highest BCUT2D eigenvalue weighted by Crippen LogP contribution is 2.46. The van der Waals surface area contributed by atoms with E-state index < -0.39 is 22.9 Å². The molecule has 0 amide bonds. The topological polar surface area (TPSA) is 113 Å². The minimum absolute atomic E-state index is 0.217. The second-order valence-corrected chi connectivity index (χ2v) is 10.6. The SMILES string of the molecule is Cc1cn([C@H]2C[C@H](N=[N+]=[N-])[C@@H](COC(c3ccccc3)(c3ccccc3)c3ccccc3)S2)c(=O)[nH]c1=O. The molecule has 0 bridgehead atoms. The molecule has 192 valence electrons. The summed E-state index contributed by atoms with van der Waals surface area (Å²) in [6, 6.07) is 29.8. The number of azide groups is 1. The first-order valence-electron chi connectivity index (χ1n) is 12.3. The van der Waals surface area contributed by atoms with E-state index in [4.69, 9.17) is 4.74 Å². The van der Waals surface area contributed by atoms with Crippen LogP contribution >= 0.6 is 11.8 Å². The third kappa shape index (κ3) is 4.91. The predicted octanol–water partition coefficient (Wildman–Crippen LogP) is 5.54. The van der Waals surface area contributed by atoms with Gasteiger partial charge >= 0.3 is 5.69 Å². The second kappa shape index (κ2) is 11.1. The van der Waals surface area contributed by atoms with Gasteiger partial charge in [0.25, 0.3) is 5.56 Å². The number of nitrogens with one attached hydrogen (secondary N) is 1. The van der Waals surface area contributed by atoms with E-state index in [-0.39, 0.29) is 17.2 Å². The average molecular weight is 526 g/mol. The largest absolute Gasteiger partial charge is 0.360 e. The number of nitrogens with zero attached hydrogens (tertiary/aromatic N) is 4. The van der Waals surface area contributed by atoms with Crippen molar-refractivity contribution in [3.8, 4) is 0 Å². The van der Waals surface area contributed by atoms with E-state index >= 15 is 0 Å². The van der Waals surface area contributed by atoms with Crippen LogP contribution in [-0.2, 0) is 10.3 Å². The van der Waals surface area contributed by atoms with Crippen LogP contribution in [0.4, 0.5) is 0 Å². The highest BCUT2D eigenvalue weighted by atomic mass is 32.2. The zero-order valence-corrected chi connectivity index (χ0v) is 21.6. The molecule has 1 N–H and O–H groups in total. The first kappa shape index (κ1) is 25.6. The van der Waals surface area contributed by atoms with Crippen molar-refractivity contribution in [2.45, 2.75) is 35.6 Å². The molecule has 0 saturated carbocycles. The van der Waals surface area contributed by atoms with Gasteiger partial charge in [0.1, 0.15) is 5.60 Å². The summed E-state index contributed by atoms with van der Waals surface area (Å²) in [6.45, 7) is 1.93. The minimum Gasteiger partial charge on any atom is -0.360 e. The van der Waals surface area contributed by atoms with Crippen LogP contribution < -0.4 is 11.2 Å². The molecule has 38 heavy (non-hydrogen) atoms. The number of benzene rings is 3. The molecule has 4 aromatic rings. The van der Waals surface area contributed by atoms with E-state index in [0.29, 0.717) is 12.0 Å². The maximum absolute atomic E-state index is 12.6. The van der Waals surface area contributed by atoms with Crippen LogP contribution in [0.15, 0.2) is 112 Å². The Morgan fingerprint density at radius 3 is 2.00 bits per heavy atom. The molecule has 1 aliphatic rings. The van der Waals surface area contributed by atoms with Crippen molar-refractivity contribution in [2.24, 2.45) is 5.11 Å². The highest BCUT2D eigenvalue weighted by Gasteiger charge is 2.42. The number of aryl methyl sites for hydroxylation is 1. The lowest BCUT2D eigenvalue weighted by molar-refractivity contribution is 0.0123. The molecule has 3 aromatic carbocycles. The zero-order chi connectivity index (χ0) is 26.5. The summed E-state index contributed by atoms with van der Waals surface area (Å²) in [7, 11) is 0. The van der Waals surface area contributed by atoms with Crippen LogP contribution in [0.5, 0.6) is 0 Å². The smallest absolute Gasteiger partial charge is 0.329 e. The van der Waals surface area contributed by atoms with Crippen molar-refractivity contribution < 1.29 is 4.74 Å². The molecular formula is C29H27N5O3S. The van der Waals surface area contributed by atoms with E-state index in [9.17, 15) is 15.1 Å². The van der Waals surface area contributed by atoms with Crippen LogP contribution in [-0.4, -0.2) is 27.4 Å². The number of aromatic amines is 1. The fraction of sp³-hybridized carbons (Fsp3) is 0.241. The first-order chi connectivity index (χ1) is 18.5. The van der Waals surface area contributed by atoms with Gasteiger partial charge in [-0.3, -0.25) is 14.3 Å². The van der Waals surface area contributed by atoms with Crippen molar-refractivity contribution in [1.82, 2.24) is 9.55 Å². The number of rotatable bonds is 8. The molecular weight excluding hydrogens is 498 g/mol. The summed E-state index contributed by atoms with van der Waals surface area (Å²) in [5, 5.41) is 3.54. The molecule has 1 saturated heterocycles. The van der Waals surface area contributed by atoms with Crippen molar-refractivity contribution in [3.05, 3.63) is 151 Å². The molecule has 1 fully saturated rings. The van der Waals surface area contributed by atoms with Crippen molar-refractivity contribution in [3.63, 3.8) is 0 Å². The number of thioether (sulfide) groups is 1. The predicted molar refractivity (Wildman–Crippen MR) is 149 cm³/mol. The van der Waals surface area contributed by atoms with Gasteiger partial charge in [-0.15, -0.1) is 11.8 Å². The van der Waals surface area contributed by atoms with Gasteiger partial charge in [0, 0.05) is 21.9 Å². The normalized spacial score (nSPS) is 19.1. The Hall–Kier alpha value is -4.04. The lowest BCUT2D eigenvalue weighted by Gasteiger charge is -2.37. The molecule has 1 aliphatic heterocycles. The summed E-state index contributed by atoms with van der Waals surface area (Å²) in [4.78, 5) is 29.9. The van der Waals surface area contributed by atoms with Crippen molar-refractivity contribution in [1.29, 1.82) is 0 Å². The van der Waals surface area contributed by atoms with Crippen LogP contribution in [0.25, 0.3) is 10.4 Å². The third-order valence-corrected chi connectivity index (χ3v) is 8.40. The molecule has 8 nitrogen and oxygen atoms in total. The van der Waals surface area contributed by atoms with Crippen molar-refractivity contribution in [2.75, 3.05) is 6.61 Å².